The van der Waals surface area contributed by atoms with Crippen LogP contribution in [0.2, 0.25) is 15.1 Å². The number of halogens is 3. The third kappa shape index (κ3) is 4.62. The van der Waals surface area contributed by atoms with Crippen LogP contribution in [0.4, 0.5) is 0 Å². The molecule has 1 aliphatic carbocycles. The minimum absolute atomic E-state index is 0.0424. The highest BCUT2D eigenvalue weighted by atomic mass is 35.5. The molecule has 2 bridgehead atoms. The number of likely N-dealkylation sites (tertiary alicyclic amines) is 1. The van der Waals surface area contributed by atoms with Crippen molar-refractivity contribution in [2.24, 2.45) is 10.8 Å². The van der Waals surface area contributed by atoms with Crippen molar-refractivity contribution in [1.82, 2.24) is 9.88 Å². The van der Waals surface area contributed by atoms with E-state index in [0.29, 0.717) is 32.6 Å². The molecule has 2 heterocycles. The zero-order chi connectivity index (χ0) is 21.7. The van der Waals surface area contributed by atoms with Crippen LogP contribution in [0.1, 0.15) is 56.2 Å². The average Bonchev–Trinajstić information content (AvgIpc) is 2.92. The molecule has 0 spiro atoms. The largest absolute Gasteiger partial charge is 0.334 e. The van der Waals surface area contributed by atoms with E-state index in [1.54, 1.807) is 12.1 Å². The van der Waals surface area contributed by atoms with Crippen molar-refractivity contribution >= 4 is 52.5 Å². The quantitative estimate of drug-likeness (QED) is 0.336. The first-order valence-corrected chi connectivity index (χ1v) is 12.2. The average molecular weight is 484 g/mol. The van der Waals surface area contributed by atoms with Crippen LogP contribution in [0.3, 0.4) is 0 Å². The molecule has 2 atom stereocenters. The minimum atomic E-state index is 0.0424. The molecule has 2 aliphatic rings. The zero-order valence-corrected chi connectivity index (χ0v) is 20.4. The highest BCUT2D eigenvalue weighted by Gasteiger charge is 2.51. The van der Waals surface area contributed by atoms with Gasteiger partial charge in [-0.1, -0.05) is 61.6 Å². The van der Waals surface area contributed by atoms with E-state index in [4.69, 9.17) is 34.8 Å². The molecular formula is C23H25Cl3N2OS. The molecule has 2 fully saturated rings. The molecule has 1 saturated carbocycles. The Bertz CT molecular complexity index is 996. The molecule has 3 nitrogen and oxygen atoms in total. The fourth-order valence-electron chi connectivity index (χ4n) is 5.29. The monoisotopic (exact) mass is 482 g/mol. The van der Waals surface area contributed by atoms with Crippen LogP contribution in [0.15, 0.2) is 35.2 Å². The van der Waals surface area contributed by atoms with Crippen LogP contribution in [0, 0.1) is 10.8 Å². The molecule has 1 aromatic carbocycles. The number of nitrogens with zero attached hydrogens (tertiary/aromatic N) is 2. The SMILES string of the molecule is CC1(C)C[C@@H]2C[C@@](C)(CN2C(=O)c2cccc(CSc3cc(Cl)c(Cl)cc3Cl)n2)C1. The molecule has 1 aliphatic heterocycles. The highest BCUT2D eigenvalue weighted by molar-refractivity contribution is 7.98. The van der Waals surface area contributed by atoms with Crippen molar-refractivity contribution in [3.05, 3.63) is 56.8 Å². The summed E-state index contributed by atoms with van der Waals surface area (Å²) in [6.45, 7) is 7.76. The highest BCUT2D eigenvalue weighted by Crippen LogP contribution is 2.52. The number of rotatable bonds is 4. The first kappa shape index (κ1) is 22.3. The minimum Gasteiger partial charge on any atom is -0.334 e. The molecule has 0 unspecified atom stereocenters. The van der Waals surface area contributed by atoms with Gasteiger partial charge in [-0.05, 0) is 54.4 Å². The summed E-state index contributed by atoms with van der Waals surface area (Å²) in [5, 5.41) is 1.46. The van der Waals surface area contributed by atoms with Gasteiger partial charge >= 0.3 is 0 Å². The third-order valence-electron chi connectivity index (χ3n) is 6.05. The van der Waals surface area contributed by atoms with E-state index in [1.165, 1.54) is 11.8 Å². The van der Waals surface area contributed by atoms with Gasteiger partial charge in [0.25, 0.3) is 5.91 Å². The number of fused-ring (bicyclic) bond motifs is 2. The summed E-state index contributed by atoms with van der Waals surface area (Å²) in [4.78, 5) is 20.9. The topological polar surface area (TPSA) is 33.2 Å². The Morgan fingerprint density at radius 1 is 1.13 bits per heavy atom. The van der Waals surface area contributed by atoms with Crippen LogP contribution >= 0.6 is 46.6 Å². The second-order valence-corrected chi connectivity index (χ2v) is 11.9. The van der Waals surface area contributed by atoms with Gasteiger partial charge < -0.3 is 4.90 Å². The number of carbonyl (C=O) groups is 1. The molecule has 160 valence electrons. The zero-order valence-electron chi connectivity index (χ0n) is 17.3. The molecule has 7 heteroatoms. The van der Waals surface area contributed by atoms with Gasteiger partial charge in [0, 0.05) is 23.2 Å². The lowest BCUT2D eigenvalue weighted by Crippen LogP contribution is -2.38. The predicted molar refractivity (Wildman–Crippen MR) is 126 cm³/mol. The molecule has 4 rings (SSSR count). The van der Waals surface area contributed by atoms with E-state index in [9.17, 15) is 4.79 Å². The Balaban J connectivity index is 1.49. The summed E-state index contributed by atoms with van der Waals surface area (Å²) in [5.41, 5.74) is 1.83. The fourth-order valence-corrected chi connectivity index (χ4v) is 6.93. The summed E-state index contributed by atoms with van der Waals surface area (Å²) >= 11 is 19.9. The smallest absolute Gasteiger partial charge is 0.272 e. The summed E-state index contributed by atoms with van der Waals surface area (Å²) in [5.74, 6) is 0.633. The first-order chi connectivity index (χ1) is 14.1. The number of amides is 1. The van der Waals surface area contributed by atoms with E-state index < -0.39 is 0 Å². The molecular weight excluding hydrogens is 459 g/mol. The Hall–Kier alpha value is -0.940. The summed E-state index contributed by atoms with van der Waals surface area (Å²) < 4.78 is 0. The van der Waals surface area contributed by atoms with Gasteiger partial charge in [0.1, 0.15) is 5.69 Å². The standard InChI is InChI=1S/C23H25Cl3N2OS/c1-22(2)9-15-10-23(3,12-22)13-28(15)21(29)19-6-4-5-14(27-19)11-30-20-8-17(25)16(24)7-18(20)26/h4-8,15H,9-13H2,1-3H3/t15-,23-/m1/s1. The Morgan fingerprint density at radius 2 is 1.87 bits per heavy atom. The Morgan fingerprint density at radius 3 is 2.63 bits per heavy atom. The van der Waals surface area contributed by atoms with Gasteiger partial charge in [-0.25, -0.2) is 4.98 Å². The second kappa shape index (κ2) is 8.20. The number of benzene rings is 1. The molecule has 30 heavy (non-hydrogen) atoms. The number of carbonyl (C=O) groups excluding carboxylic acids is 1. The molecule has 1 saturated heterocycles. The van der Waals surface area contributed by atoms with Crippen LogP contribution in [0.5, 0.6) is 0 Å². The molecule has 1 aromatic heterocycles. The Kier molecular flexibility index (Phi) is 6.08. The van der Waals surface area contributed by atoms with Crippen molar-refractivity contribution in [3.8, 4) is 0 Å². The maximum Gasteiger partial charge on any atom is 0.272 e. The number of thioether (sulfide) groups is 1. The molecule has 1 amide bonds. The van der Waals surface area contributed by atoms with Crippen molar-refractivity contribution in [3.63, 3.8) is 0 Å². The number of hydrogen-bond donors (Lipinski definition) is 0. The number of pyridine rings is 1. The lowest BCUT2D eigenvalue weighted by molar-refractivity contribution is 0.0702. The van der Waals surface area contributed by atoms with E-state index in [-0.39, 0.29) is 16.7 Å². The number of aromatic nitrogens is 1. The second-order valence-electron chi connectivity index (χ2n) is 9.65. The maximum absolute atomic E-state index is 13.3. The van der Waals surface area contributed by atoms with Crippen molar-refractivity contribution in [2.45, 2.75) is 56.7 Å². The Labute approximate surface area is 197 Å². The van der Waals surface area contributed by atoms with Crippen molar-refractivity contribution in [2.75, 3.05) is 6.54 Å². The van der Waals surface area contributed by atoms with E-state index in [2.05, 4.69) is 30.7 Å². The van der Waals surface area contributed by atoms with Gasteiger partial charge in [0.2, 0.25) is 0 Å². The predicted octanol–water partition coefficient (Wildman–Crippen LogP) is 7.37. The van der Waals surface area contributed by atoms with Crippen LogP contribution in [0.25, 0.3) is 0 Å². The lowest BCUT2D eigenvalue weighted by Gasteiger charge is -2.39. The fraction of sp³-hybridized carbons (Fsp3) is 0.478. The van der Waals surface area contributed by atoms with Gasteiger partial charge in [0.15, 0.2) is 0 Å². The van der Waals surface area contributed by atoms with Gasteiger partial charge in [0.05, 0.1) is 20.8 Å². The van der Waals surface area contributed by atoms with Gasteiger partial charge in [-0.2, -0.15) is 0 Å². The van der Waals surface area contributed by atoms with Gasteiger partial charge in [-0.15, -0.1) is 11.8 Å². The maximum atomic E-state index is 13.3. The van der Waals surface area contributed by atoms with E-state index in [0.717, 1.165) is 36.4 Å². The molecule has 0 N–H and O–H groups in total. The van der Waals surface area contributed by atoms with Crippen molar-refractivity contribution in [1.29, 1.82) is 0 Å². The van der Waals surface area contributed by atoms with Crippen LogP contribution < -0.4 is 0 Å². The molecule has 2 aromatic rings. The third-order valence-corrected chi connectivity index (χ3v) is 8.29. The van der Waals surface area contributed by atoms with Crippen molar-refractivity contribution < 1.29 is 4.79 Å². The summed E-state index contributed by atoms with van der Waals surface area (Å²) in [6.07, 6.45) is 3.31. The van der Waals surface area contributed by atoms with Crippen LogP contribution in [-0.4, -0.2) is 28.4 Å². The normalized spacial score (nSPS) is 24.9. The van der Waals surface area contributed by atoms with E-state index in [1.807, 2.05) is 18.2 Å². The molecule has 0 radical (unpaired) electrons. The van der Waals surface area contributed by atoms with Gasteiger partial charge in [-0.3, -0.25) is 4.79 Å². The van der Waals surface area contributed by atoms with Crippen LogP contribution in [-0.2, 0) is 5.75 Å². The summed E-state index contributed by atoms with van der Waals surface area (Å²) in [7, 11) is 0. The van der Waals surface area contributed by atoms with E-state index >= 15 is 0 Å². The number of hydrogen-bond acceptors (Lipinski definition) is 3. The summed E-state index contributed by atoms with van der Waals surface area (Å²) in [6, 6.07) is 9.37. The first-order valence-electron chi connectivity index (χ1n) is 10.1. The lowest BCUT2D eigenvalue weighted by atomic mass is 9.65.